The summed E-state index contributed by atoms with van der Waals surface area (Å²) in [6.45, 7) is 10.4. The zero-order valence-corrected chi connectivity index (χ0v) is 22.7. The fourth-order valence-corrected chi connectivity index (χ4v) is 4.96. The van der Waals surface area contributed by atoms with Crippen LogP contribution in [0.2, 0.25) is 0 Å². The molecule has 1 aromatic rings. The maximum absolute atomic E-state index is 2.54. The van der Waals surface area contributed by atoms with Gasteiger partial charge in [0, 0.05) is 6.42 Å². The van der Waals surface area contributed by atoms with Gasteiger partial charge < -0.3 is 0 Å². The van der Waals surface area contributed by atoms with Crippen molar-refractivity contribution < 1.29 is 4.57 Å². The molecule has 0 saturated heterocycles. The minimum absolute atomic E-state index is 0.572. The van der Waals surface area contributed by atoms with Crippen molar-refractivity contribution in [3.05, 3.63) is 18.2 Å². The first-order chi connectivity index (χ1) is 15.7. The molecule has 1 heterocycles. The van der Waals surface area contributed by atoms with Gasteiger partial charge in [-0.05, 0) is 33.1 Å². The Morgan fingerprint density at radius 1 is 0.594 bits per heavy atom. The molecule has 0 atom stereocenters. The second-order valence-electron chi connectivity index (χ2n) is 10.5. The average molecular weight is 448 g/mol. The lowest BCUT2D eigenvalue weighted by Gasteiger charge is -2.08. The van der Waals surface area contributed by atoms with Gasteiger partial charge in [-0.3, -0.25) is 0 Å². The van der Waals surface area contributed by atoms with E-state index < -0.39 is 0 Å². The molecule has 0 saturated carbocycles. The molecule has 0 aliphatic carbocycles. The summed E-state index contributed by atoms with van der Waals surface area (Å²) in [7, 11) is 0. The van der Waals surface area contributed by atoms with Crippen LogP contribution in [0.4, 0.5) is 0 Å². The Bertz CT molecular complexity index is 517. The first-order valence-electron chi connectivity index (χ1n) is 14.8. The quantitative estimate of drug-likeness (QED) is 0.117. The van der Waals surface area contributed by atoms with Crippen LogP contribution in [0, 0.1) is 0 Å². The summed E-state index contributed by atoms with van der Waals surface area (Å²) in [5.74, 6) is 1.56. The number of unbranched alkanes of at least 4 members (excludes halogenated alkanes) is 18. The third-order valence-electron chi connectivity index (χ3n) is 7.10. The van der Waals surface area contributed by atoms with Crippen LogP contribution in [0.5, 0.6) is 0 Å². The van der Waals surface area contributed by atoms with E-state index in [-0.39, 0.29) is 0 Å². The lowest BCUT2D eigenvalue weighted by Crippen LogP contribution is -2.37. The highest BCUT2D eigenvalue weighted by atomic mass is 15.2. The first-order valence-corrected chi connectivity index (χ1v) is 14.8. The summed E-state index contributed by atoms with van der Waals surface area (Å²) in [5, 5.41) is 0. The van der Waals surface area contributed by atoms with Gasteiger partial charge in [0.2, 0.25) is 0 Å². The maximum Gasteiger partial charge on any atom is 0.256 e. The Labute approximate surface area is 202 Å². The number of nitrogens with zero attached hydrogens (tertiary/aromatic N) is 2. The Kier molecular flexibility index (Phi) is 19.0. The molecule has 1 rings (SSSR count). The van der Waals surface area contributed by atoms with Crippen LogP contribution < -0.4 is 4.57 Å². The van der Waals surface area contributed by atoms with E-state index in [1.54, 1.807) is 5.82 Å². The minimum Gasteiger partial charge on any atom is -0.234 e. The van der Waals surface area contributed by atoms with Gasteiger partial charge >= 0.3 is 0 Å². The summed E-state index contributed by atoms with van der Waals surface area (Å²) >= 11 is 0. The van der Waals surface area contributed by atoms with Crippen molar-refractivity contribution in [2.24, 2.45) is 0 Å². The van der Waals surface area contributed by atoms with E-state index in [9.17, 15) is 0 Å². The van der Waals surface area contributed by atoms with E-state index in [2.05, 4.69) is 49.2 Å². The van der Waals surface area contributed by atoms with Gasteiger partial charge in [-0.15, -0.1) is 0 Å². The first kappa shape index (κ1) is 29.2. The monoisotopic (exact) mass is 447 g/mol. The largest absolute Gasteiger partial charge is 0.256 e. The lowest BCUT2D eigenvalue weighted by atomic mass is 10.0. The summed E-state index contributed by atoms with van der Waals surface area (Å²) in [6.07, 6.45) is 34.4. The highest BCUT2D eigenvalue weighted by Crippen LogP contribution is 2.15. The van der Waals surface area contributed by atoms with Gasteiger partial charge in [0.1, 0.15) is 12.4 Å². The Balaban J connectivity index is 2.03. The second-order valence-corrected chi connectivity index (χ2v) is 10.5. The molecule has 0 N–H and O–H groups in total. The Morgan fingerprint density at radius 3 is 1.44 bits per heavy atom. The van der Waals surface area contributed by atoms with Crippen molar-refractivity contribution in [1.82, 2.24) is 4.57 Å². The number of imidazole rings is 1. The highest BCUT2D eigenvalue weighted by molar-refractivity contribution is 4.86. The molecule has 0 aromatic carbocycles. The minimum atomic E-state index is 0.572. The normalized spacial score (nSPS) is 11.7. The fraction of sp³-hybridized carbons (Fsp3) is 0.900. The number of aromatic nitrogens is 2. The number of hydrogen-bond donors (Lipinski definition) is 0. The van der Waals surface area contributed by atoms with E-state index in [0.29, 0.717) is 6.04 Å². The van der Waals surface area contributed by atoms with Crippen molar-refractivity contribution in [1.29, 1.82) is 0 Å². The van der Waals surface area contributed by atoms with Gasteiger partial charge in [-0.25, -0.2) is 9.13 Å². The fourth-order valence-electron chi connectivity index (χ4n) is 4.96. The van der Waals surface area contributed by atoms with Crippen LogP contribution in [0.3, 0.4) is 0 Å². The zero-order chi connectivity index (χ0) is 23.3. The van der Waals surface area contributed by atoms with Crippen LogP contribution in [-0.4, -0.2) is 4.57 Å². The SMILES string of the molecule is CCCCCCCCCCCCCCCCCCc1n(C(C)C)cc[n+]1CCCCCC. The number of rotatable bonds is 23. The van der Waals surface area contributed by atoms with Crippen molar-refractivity contribution >= 4 is 0 Å². The van der Waals surface area contributed by atoms with E-state index >= 15 is 0 Å². The zero-order valence-electron chi connectivity index (χ0n) is 22.7. The van der Waals surface area contributed by atoms with Crippen molar-refractivity contribution in [3.63, 3.8) is 0 Å². The van der Waals surface area contributed by atoms with E-state index in [1.807, 2.05) is 0 Å². The number of aryl methyl sites for hydroxylation is 1. The molecular weight excluding hydrogens is 388 g/mol. The molecule has 32 heavy (non-hydrogen) atoms. The molecule has 2 heteroatoms. The smallest absolute Gasteiger partial charge is 0.234 e. The van der Waals surface area contributed by atoms with Gasteiger partial charge in [-0.2, -0.15) is 0 Å². The standard InChI is InChI=1S/C30H59N2/c1-5-7-9-11-12-13-14-15-16-17-18-19-20-21-22-23-25-30-31(26-24-10-8-6-2)27-28-32(30)29(3)4/h27-29H,5-26H2,1-4H3/q+1. The second kappa shape index (κ2) is 20.8. The van der Waals surface area contributed by atoms with Gasteiger partial charge in [0.05, 0.1) is 12.6 Å². The highest BCUT2D eigenvalue weighted by Gasteiger charge is 2.18. The van der Waals surface area contributed by atoms with E-state index in [0.717, 1.165) is 0 Å². The summed E-state index contributed by atoms with van der Waals surface area (Å²) in [6, 6.07) is 0.572. The predicted molar refractivity (Wildman–Crippen MR) is 142 cm³/mol. The Hall–Kier alpha value is -0.790. The molecule has 0 aliphatic heterocycles. The molecule has 2 nitrogen and oxygen atoms in total. The number of hydrogen-bond acceptors (Lipinski definition) is 0. The van der Waals surface area contributed by atoms with Gasteiger partial charge in [0.15, 0.2) is 0 Å². The molecule has 1 aromatic heterocycles. The van der Waals surface area contributed by atoms with E-state index in [1.165, 1.54) is 141 Å². The molecule has 0 unspecified atom stereocenters. The molecule has 0 spiro atoms. The predicted octanol–water partition coefficient (Wildman–Crippen LogP) is 9.74. The van der Waals surface area contributed by atoms with Crippen LogP contribution >= 0.6 is 0 Å². The summed E-state index contributed by atoms with van der Waals surface area (Å²) < 4.78 is 5.05. The van der Waals surface area contributed by atoms with Crippen molar-refractivity contribution in [2.45, 2.75) is 175 Å². The molecule has 0 amide bonds. The molecule has 0 aliphatic rings. The molecular formula is C30H59N2+. The topological polar surface area (TPSA) is 8.81 Å². The molecule has 188 valence electrons. The van der Waals surface area contributed by atoms with Gasteiger partial charge in [0.25, 0.3) is 5.82 Å². The molecule has 0 fully saturated rings. The van der Waals surface area contributed by atoms with Crippen LogP contribution in [0.1, 0.15) is 168 Å². The Morgan fingerprint density at radius 2 is 1.00 bits per heavy atom. The average Bonchev–Trinajstić information content (AvgIpc) is 3.19. The van der Waals surface area contributed by atoms with Crippen LogP contribution in [0.25, 0.3) is 0 Å². The third-order valence-corrected chi connectivity index (χ3v) is 7.10. The van der Waals surface area contributed by atoms with Crippen LogP contribution in [0.15, 0.2) is 12.4 Å². The van der Waals surface area contributed by atoms with Gasteiger partial charge in [-0.1, -0.05) is 123 Å². The lowest BCUT2D eigenvalue weighted by molar-refractivity contribution is -0.704. The maximum atomic E-state index is 2.54. The molecule has 0 bridgehead atoms. The van der Waals surface area contributed by atoms with Crippen molar-refractivity contribution in [2.75, 3.05) is 0 Å². The van der Waals surface area contributed by atoms with Crippen molar-refractivity contribution in [3.8, 4) is 0 Å². The summed E-state index contributed by atoms with van der Waals surface area (Å²) in [5.41, 5.74) is 0. The summed E-state index contributed by atoms with van der Waals surface area (Å²) in [4.78, 5) is 0. The van der Waals surface area contributed by atoms with E-state index in [4.69, 9.17) is 0 Å². The van der Waals surface area contributed by atoms with Crippen LogP contribution in [-0.2, 0) is 13.0 Å². The third kappa shape index (κ3) is 14.4. The molecule has 0 radical (unpaired) electrons.